The zero-order valence-electron chi connectivity index (χ0n) is 12.1. The van der Waals surface area contributed by atoms with E-state index < -0.39 is 0 Å². The second kappa shape index (κ2) is 6.20. The summed E-state index contributed by atoms with van der Waals surface area (Å²) in [6.45, 7) is 4.92. The first kappa shape index (κ1) is 14.1. The van der Waals surface area contributed by atoms with Crippen LogP contribution >= 0.6 is 0 Å². The Hall–Kier alpha value is -1.35. The minimum atomic E-state index is 0.151. The molecule has 0 bridgehead atoms. The first-order valence-corrected chi connectivity index (χ1v) is 7.05. The third kappa shape index (κ3) is 3.16. The second-order valence-electron chi connectivity index (χ2n) is 5.42. The quantitative estimate of drug-likeness (QED) is 0.780. The molecule has 0 aliphatic carbocycles. The van der Waals surface area contributed by atoms with Crippen LogP contribution in [-0.2, 0) is 0 Å². The number of hydrogen-bond acceptors (Lipinski definition) is 3. The van der Waals surface area contributed by atoms with Gasteiger partial charge in [0, 0.05) is 12.1 Å². The van der Waals surface area contributed by atoms with Crippen molar-refractivity contribution in [1.82, 2.24) is 4.90 Å². The van der Waals surface area contributed by atoms with Crippen molar-refractivity contribution in [2.75, 3.05) is 13.7 Å². The number of hydrogen-bond donors (Lipinski definition) is 0. The van der Waals surface area contributed by atoms with Gasteiger partial charge >= 0.3 is 0 Å². The number of likely N-dealkylation sites (tertiary alicyclic amines) is 1. The van der Waals surface area contributed by atoms with Crippen molar-refractivity contribution in [3.05, 3.63) is 29.8 Å². The van der Waals surface area contributed by atoms with E-state index in [9.17, 15) is 4.79 Å². The van der Waals surface area contributed by atoms with Gasteiger partial charge in [0.15, 0.2) is 5.78 Å². The summed E-state index contributed by atoms with van der Waals surface area (Å²) in [7, 11) is 1.61. The lowest BCUT2D eigenvalue weighted by Crippen LogP contribution is -2.46. The molecule has 1 fully saturated rings. The number of Topliss-reactive ketones (excluding diaryl/α,β-unsaturated/α-hetero) is 1. The maximum absolute atomic E-state index is 12.5. The number of para-hydroxylation sites is 1. The number of carbonyl (C=O) groups excluding carboxylic acids is 1. The van der Waals surface area contributed by atoms with Gasteiger partial charge in [0.25, 0.3) is 0 Å². The SMILES string of the molecule is COc1ccccc1C(=O)CN1C(C)CCCC1C. The van der Waals surface area contributed by atoms with E-state index in [-0.39, 0.29) is 5.78 Å². The largest absolute Gasteiger partial charge is 0.496 e. The molecule has 1 heterocycles. The predicted molar refractivity (Wildman–Crippen MR) is 76.8 cm³/mol. The summed E-state index contributed by atoms with van der Waals surface area (Å²) in [5.41, 5.74) is 0.690. The van der Waals surface area contributed by atoms with Gasteiger partial charge in [-0.2, -0.15) is 0 Å². The second-order valence-corrected chi connectivity index (χ2v) is 5.42. The summed E-state index contributed by atoms with van der Waals surface area (Å²) >= 11 is 0. The fraction of sp³-hybridized carbons (Fsp3) is 0.562. The summed E-state index contributed by atoms with van der Waals surface area (Å²) < 4.78 is 5.27. The summed E-state index contributed by atoms with van der Waals surface area (Å²) in [6.07, 6.45) is 3.63. The fourth-order valence-corrected chi connectivity index (χ4v) is 2.91. The van der Waals surface area contributed by atoms with Crippen molar-refractivity contribution in [2.45, 2.75) is 45.2 Å². The van der Waals surface area contributed by atoms with E-state index in [1.54, 1.807) is 7.11 Å². The Balaban J connectivity index is 2.11. The molecule has 1 aliphatic rings. The monoisotopic (exact) mass is 261 g/mol. The van der Waals surface area contributed by atoms with Gasteiger partial charge in [-0.1, -0.05) is 18.6 Å². The zero-order valence-corrected chi connectivity index (χ0v) is 12.1. The van der Waals surface area contributed by atoms with Gasteiger partial charge in [-0.25, -0.2) is 0 Å². The lowest BCUT2D eigenvalue weighted by molar-refractivity contribution is 0.0732. The van der Waals surface area contributed by atoms with Crippen LogP contribution in [0.15, 0.2) is 24.3 Å². The molecule has 1 aromatic rings. The maximum Gasteiger partial charge on any atom is 0.180 e. The molecule has 104 valence electrons. The number of benzene rings is 1. The van der Waals surface area contributed by atoms with Crippen LogP contribution in [0.3, 0.4) is 0 Å². The van der Waals surface area contributed by atoms with E-state index in [1.807, 2.05) is 24.3 Å². The molecule has 19 heavy (non-hydrogen) atoms. The number of rotatable bonds is 4. The zero-order chi connectivity index (χ0) is 13.8. The van der Waals surface area contributed by atoms with Crippen LogP contribution in [0.4, 0.5) is 0 Å². The normalized spacial score (nSPS) is 24.2. The molecule has 3 nitrogen and oxygen atoms in total. The number of carbonyl (C=O) groups is 1. The average molecular weight is 261 g/mol. The van der Waals surface area contributed by atoms with Crippen LogP contribution in [0.25, 0.3) is 0 Å². The average Bonchev–Trinajstić information content (AvgIpc) is 2.42. The molecule has 1 aliphatic heterocycles. The van der Waals surface area contributed by atoms with Crippen LogP contribution in [0.5, 0.6) is 5.75 Å². The minimum absolute atomic E-state index is 0.151. The fourth-order valence-electron chi connectivity index (χ4n) is 2.91. The Kier molecular flexibility index (Phi) is 4.59. The molecule has 0 amide bonds. The van der Waals surface area contributed by atoms with Crippen molar-refractivity contribution in [2.24, 2.45) is 0 Å². The van der Waals surface area contributed by atoms with Crippen LogP contribution in [0, 0.1) is 0 Å². The van der Waals surface area contributed by atoms with Crippen molar-refractivity contribution in [1.29, 1.82) is 0 Å². The number of ether oxygens (including phenoxy) is 1. The summed E-state index contributed by atoms with van der Waals surface area (Å²) in [6, 6.07) is 8.45. The van der Waals surface area contributed by atoms with Gasteiger partial charge in [-0.15, -0.1) is 0 Å². The van der Waals surface area contributed by atoms with Crippen LogP contribution in [0.1, 0.15) is 43.5 Å². The van der Waals surface area contributed by atoms with Crippen molar-refractivity contribution < 1.29 is 9.53 Å². The number of piperidine rings is 1. The Morgan fingerprint density at radius 3 is 2.53 bits per heavy atom. The molecule has 0 saturated carbocycles. The molecule has 2 atom stereocenters. The van der Waals surface area contributed by atoms with Gasteiger partial charge in [0.05, 0.1) is 19.2 Å². The van der Waals surface area contributed by atoms with E-state index in [2.05, 4.69) is 18.7 Å². The Bertz CT molecular complexity index is 434. The highest BCUT2D eigenvalue weighted by molar-refractivity contribution is 6.00. The van der Waals surface area contributed by atoms with Gasteiger partial charge in [-0.05, 0) is 38.8 Å². The predicted octanol–water partition coefficient (Wildman–Crippen LogP) is 3.14. The molecule has 3 heteroatoms. The third-order valence-electron chi connectivity index (χ3n) is 4.11. The molecule has 1 aromatic carbocycles. The summed E-state index contributed by atoms with van der Waals surface area (Å²) in [5, 5.41) is 0. The molecule has 0 N–H and O–H groups in total. The molecule has 2 rings (SSSR count). The Morgan fingerprint density at radius 2 is 1.89 bits per heavy atom. The highest BCUT2D eigenvalue weighted by Crippen LogP contribution is 2.24. The maximum atomic E-state index is 12.5. The molecule has 2 unspecified atom stereocenters. The van der Waals surface area contributed by atoms with Gasteiger partial charge in [0.1, 0.15) is 5.75 Å². The first-order valence-electron chi connectivity index (χ1n) is 7.05. The van der Waals surface area contributed by atoms with Crippen molar-refractivity contribution in [3.8, 4) is 5.75 Å². The highest BCUT2D eigenvalue weighted by atomic mass is 16.5. The van der Waals surface area contributed by atoms with E-state index >= 15 is 0 Å². The van der Waals surface area contributed by atoms with Gasteiger partial charge in [0.2, 0.25) is 0 Å². The smallest absolute Gasteiger partial charge is 0.180 e. The summed E-state index contributed by atoms with van der Waals surface area (Å²) in [5.74, 6) is 0.822. The molecule has 1 saturated heterocycles. The Morgan fingerprint density at radius 1 is 1.26 bits per heavy atom. The number of ketones is 1. The van der Waals surface area contributed by atoms with Crippen LogP contribution in [-0.4, -0.2) is 36.4 Å². The highest BCUT2D eigenvalue weighted by Gasteiger charge is 2.27. The number of methoxy groups -OCH3 is 1. The molecule has 0 radical (unpaired) electrons. The molecule has 0 spiro atoms. The van der Waals surface area contributed by atoms with Crippen molar-refractivity contribution in [3.63, 3.8) is 0 Å². The van der Waals surface area contributed by atoms with E-state index in [0.29, 0.717) is 29.9 Å². The lowest BCUT2D eigenvalue weighted by atomic mass is 9.96. The molecular weight excluding hydrogens is 238 g/mol. The van der Waals surface area contributed by atoms with Gasteiger partial charge in [-0.3, -0.25) is 9.69 Å². The van der Waals surface area contributed by atoms with E-state index in [1.165, 1.54) is 19.3 Å². The topological polar surface area (TPSA) is 29.5 Å². The first-order chi connectivity index (χ1) is 9.13. The lowest BCUT2D eigenvalue weighted by Gasteiger charge is -2.38. The van der Waals surface area contributed by atoms with E-state index in [4.69, 9.17) is 4.74 Å². The summed E-state index contributed by atoms with van der Waals surface area (Å²) in [4.78, 5) is 14.8. The van der Waals surface area contributed by atoms with Crippen molar-refractivity contribution >= 4 is 5.78 Å². The standard InChI is InChI=1S/C16H23NO2/c1-12-7-6-8-13(2)17(12)11-15(18)14-9-4-5-10-16(14)19-3/h4-5,9-10,12-13H,6-8,11H2,1-3H3. The molecule has 0 aromatic heterocycles. The Labute approximate surface area is 115 Å². The van der Waals surface area contributed by atoms with Crippen LogP contribution < -0.4 is 4.74 Å². The minimum Gasteiger partial charge on any atom is -0.496 e. The van der Waals surface area contributed by atoms with Gasteiger partial charge < -0.3 is 4.74 Å². The molecular formula is C16H23NO2. The van der Waals surface area contributed by atoms with E-state index in [0.717, 1.165) is 0 Å². The van der Waals surface area contributed by atoms with Crippen LogP contribution in [0.2, 0.25) is 0 Å². The number of nitrogens with zero attached hydrogens (tertiary/aromatic N) is 1. The third-order valence-corrected chi connectivity index (χ3v) is 4.11.